The number of aromatic nitrogens is 2. The van der Waals surface area contributed by atoms with Gasteiger partial charge in [-0.25, -0.2) is 4.98 Å². The van der Waals surface area contributed by atoms with E-state index in [1.165, 1.54) is 17.4 Å². The number of benzene rings is 1. The van der Waals surface area contributed by atoms with Crippen molar-refractivity contribution in [2.75, 3.05) is 0 Å². The first-order valence-corrected chi connectivity index (χ1v) is 8.02. The van der Waals surface area contributed by atoms with Crippen LogP contribution in [0.4, 0.5) is 0 Å². The third kappa shape index (κ3) is 2.87. The molecule has 2 aromatic heterocycles. The van der Waals surface area contributed by atoms with Crippen LogP contribution >= 0.6 is 22.9 Å². The van der Waals surface area contributed by atoms with Crippen LogP contribution in [0, 0.1) is 20.8 Å². The minimum atomic E-state index is -0.0867. The molecule has 3 aromatic rings. The van der Waals surface area contributed by atoms with Crippen LogP contribution in [-0.4, -0.2) is 9.38 Å². The molecule has 0 aliphatic heterocycles. The number of halogens is 1. The van der Waals surface area contributed by atoms with Crippen molar-refractivity contribution in [3.8, 4) is 5.75 Å². The Morgan fingerprint density at radius 3 is 2.59 bits per heavy atom. The molecule has 0 N–H and O–H groups in total. The van der Waals surface area contributed by atoms with Gasteiger partial charge in [-0.15, -0.1) is 11.3 Å². The number of ether oxygens (including phenoxy) is 1. The summed E-state index contributed by atoms with van der Waals surface area (Å²) in [6.45, 7) is 6.08. The van der Waals surface area contributed by atoms with Gasteiger partial charge in [0.05, 0.1) is 5.69 Å². The lowest BCUT2D eigenvalue weighted by Crippen LogP contribution is -2.14. The SMILES string of the molecule is Cc1cn2c(=O)cc(COc3cc(C)c(Cl)c(C)c3)nc2s1. The van der Waals surface area contributed by atoms with Gasteiger partial charge in [0.2, 0.25) is 0 Å². The highest BCUT2D eigenvalue weighted by Crippen LogP contribution is 2.26. The van der Waals surface area contributed by atoms with Gasteiger partial charge in [0.25, 0.3) is 5.56 Å². The summed E-state index contributed by atoms with van der Waals surface area (Å²) in [5, 5.41) is 0.749. The zero-order chi connectivity index (χ0) is 15.9. The molecule has 2 heterocycles. The largest absolute Gasteiger partial charge is 0.487 e. The van der Waals surface area contributed by atoms with Gasteiger partial charge in [-0.2, -0.15) is 0 Å². The van der Waals surface area contributed by atoms with Gasteiger partial charge in [0.1, 0.15) is 12.4 Å². The van der Waals surface area contributed by atoms with Crippen LogP contribution in [0.3, 0.4) is 0 Å². The van der Waals surface area contributed by atoms with Crippen molar-refractivity contribution in [1.29, 1.82) is 0 Å². The third-order valence-electron chi connectivity index (χ3n) is 3.33. The van der Waals surface area contributed by atoms with Crippen LogP contribution in [0.25, 0.3) is 4.96 Å². The average molecular weight is 335 g/mol. The highest BCUT2D eigenvalue weighted by atomic mass is 35.5. The number of thiazole rings is 1. The topological polar surface area (TPSA) is 43.6 Å². The minimum Gasteiger partial charge on any atom is -0.487 e. The Morgan fingerprint density at radius 1 is 1.23 bits per heavy atom. The lowest BCUT2D eigenvalue weighted by atomic mass is 10.1. The van der Waals surface area contributed by atoms with E-state index in [1.54, 1.807) is 10.6 Å². The maximum absolute atomic E-state index is 12.0. The highest BCUT2D eigenvalue weighted by molar-refractivity contribution is 7.16. The lowest BCUT2D eigenvalue weighted by Gasteiger charge is -2.09. The first kappa shape index (κ1) is 15.1. The van der Waals surface area contributed by atoms with Crippen LogP contribution in [0.2, 0.25) is 5.02 Å². The first-order chi connectivity index (χ1) is 10.4. The molecule has 22 heavy (non-hydrogen) atoms. The molecule has 0 saturated carbocycles. The predicted octanol–water partition coefficient (Wildman–Crippen LogP) is 3.91. The van der Waals surface area contributed by atoms with E-state index >= 15 is 0 Å². The van der Waals surface area contributed by atoms with Gasteiger partial charge in [0, 0.05) is 22.2 Å². The summed E-state index contributed by atoms with van der Waals surface area (Å²) < 4.78 is 7.31. The van der Waals surface area contributed by atoms with Crippen molar-refractivity contribution in [3.63, 3.8) is 0 Å². The normalized spacial score (nSPS) is 11.1. The van der Waals surface area contributed by atoms with Crippen molar-refractivity contribution >= 4 is 27.9 Å². The van der Waals surface area contributed by atoms with E-state index in [2.05, 4.69) is 4.98 Å². The monoisotopic (exact) mass is 334 g/mol. The van der Waals surface area contributed by atoms with Crippen molar-refractivity contribution in [2.45, 2.75) is 27.4 Å². The molecule has 0 fully saturated rings. The number of fused-ring (bicyclic) bond motifs is 1. The fourth-order valence-electron chi connectivity index (χ4n) is 2.28. The summed E-state index contributed by atoms with van der Waals surface area (Å²) in [7, 11) is 0. The van der Waals surface area contributed by atoms with E-state index in [1.807, 2.05) is 32.9 Å². The zero-order valence-corrected chi connectivity index (χ0v) is 14.1. The molecule has 0 aliphatic rings. The van der Waals surface area contributed by atoms with Crippen molar-refractivity contribution in [2.24, 2.45) is 0 Å². The number of rotatable bonds is 3. The van der Waals surface area contributed by atoms with Gasteiger partial charge in [0.15, 0.2) is 4.96 Å². The van der Waals surface area contributed by atoms with Crippen molar-refractivity contribution < 1.29 is 4.74 Å². The van der Waals surface area contributed by atoms with E-state index < -0.39 is 0 Å². The van der Waals surface area contributed by atoms with Gasteiger partial charge in [-0.05, 0) is 44.0 Å². The molecule has 0 atom stereocenters. The molecular weight excluding hydrogens is 320 g/mol. The Morgan fingerprint density at radius 2 is 1.91 bits per heavy atom. The molecule has 0 aliphatic carbocycles. The predicted molar refractivity (Wildman–Crippen MR) is 89.3 cm³/mol. The first-order valence-electron chi connectivity index (χ1n) is 6.82. The second-order valence-electron chi connectivity index (χ2n) is 5.24. The molecule has 0 spiro atoms. The number of nitrogens with zero attached hydrogens (tertiary/aromatic N) is 2. The number of hydrogen-bond acceptors (Lipinski definition) is 4. The fraction of sp³-hybridized carbons (Fsp3) is 0.250. The van der Waals surface area contributed by atoms with Crippen LogP contribution in [0.15, 0.2) is 29.2 Å². The molecular formula is C16H15ClN2O2S. The Kier molecular flexibility index (Phi) is 3.93. The second-order valence-corrected chi connectivity index (χ2v) is 6.83. The molecule has 6 heteroatoms. The summed E-state index contributed by atoms with van der Waals surface area (Å²) in [6, 6.07) is 5.28. The summed E-state index contributed by atoms with van der Waals surface area (Å²) in [4.78, 5) is 18.2. The average Bonchev–Trinajstić information content (AvgIpc) is 2.83. The van der Waals surface area contributed by atoms with Crippen molar-refractivity contribution in [3.05, 3.63) is 61.5 Å². The van der Waals surface area contributed by atoms with Gasteiger partial charge < -0.3 is 4.74 Å². The lowest BCUT2D eigenvalue weighted by molar-refractivity contribution is 0.301. The van der Waals surface area contributed by atoms with E-state index in [-0.39, 0.29) is 12.2 Å². The summed E-state index contributed by atoms with van der Waals surface area (Å²) in [6.07, 6.45) is 1.80. The Bertz CT molecular complexity index is 891. The third-order valence-corrected chi connectivity index (χ3v) is 4.83. The molecule has 0 bridgehead atoms. The Balaban J connectivity index is 1.86. The molecule has 114 valence electrons. The minimum absolute atomic E-state index is 0.0867. The molecule has 0 amide bonds. The molecule has 0 radical (unpaired) electrons. The highest BCUT2D eigenvalue weighted by Gasteiger charge is 2.07. The van der Waals surface area contributed by atoms with Crippen LogP contribution in [-0.2, 0) is 6.61 Å². The quantitative estimate of drug-likeness (QED) is 0.729. The van der Waals surface area contributed by atoms with Crippen LogP contribution < -0.4 is 10.3 Å². The van der Waals surface area contributed by atoms with Crippen LogP contribution in [0.1, 0.15) is 21.7 Å². The second kappa shape index (κ2) is 5.74. The summed E-state index contributed by atoms with van der Waals surface area (Å²) in [5.74, 6) is 0.726. The smallest absolute Gasteiger partial charge is 0.258 e. The zero-order valence-electron chi connectivity index (χ0n) is 12.5. The molecule has 0 saturated heterocycles. The van der Waals surface area contributed by atoms with Gasteiger partial charge >= 0.3 is 0 Å². The molecule has 3 rings (SSSR count). The van der Waals surface area contributed by atoms with Gasteiger partial charge in [-0.3, -0.25) is 9.20 Å². The molecule has 0 unspecified atom stereocenters. The van der Waals surface area contributed by atoms with E-state index in [0.717, 1.165) is 26.8 Å². The maximum atomic E-state index is 12.0. The number of hydrogen-bond donors (Lipinski definition) is 0. The van der Waals surface area contributed by atoms with E-state index in [9.17, 15) is 4.79 Å². The number of aryl methyl sites for hydroxylation is 3. The summed E-state index contributed by atoms with van der Waals surface area (Å²) in [5.41, 5.74) is 2.47. The maximum Gasteiger partial charge on any atom is 0.258 e. The standard InChI is InChI=1S/C16H15ClN2O2S/c1-9-4-13(5-10(2)15(9)17)21-8-12-6-14(20)19-7-11(3)22-16(19)18-12/h4-7H,8H2,1-3H3. The Hall–Kier alpha value is -1.85. The van der Waals surface area contributed by atoms with E-state index in [4.69, 9.17) is 16.3 Å². The molecule has 4 nitrogen and oxygen atoms in total. The van der Waals surface area contributed by atoms with Crippen molar-refractivity contribution in [1.82, 2.24) is 9.38 Å². The van der Waals surface area contributed by atoms with E-state index in [0.29, 0.717) is 10.7 Å². The van der Waals surface area contributed by atoms with Gasteiger partial charge in [-0.1, -0.05) is 11.6 Å². The Labute approximate surface area is 137 Å². The fourth-order valence-corrected chi connectivity index (χ4v) is 3.24. The van der Waals surface area contributed by atoms with Crippen LogP contribution in [0.5, 0.6) is 5.75 Å². The molecule has 1 aromatic carbocycles. The summed E-state index contributed by atoms with van der Waals surface area (Å²) >= 11 is 7.63.